The van der Waals surface area contributed by atoms with Crippen LogP contribution in [0.1, 0.15) is 0 Å². The van der Waals surface area contributed by atoms with Gasteiger partial charge in [-0.25, -0.2) is 0 Å². The van der Waals surface area contributed by atoms with Crippen LogP contribution in [-0.2, 0) is 0 Å². The number of anilines is 9. The fraction of sp³-hybridized carbons (Fsp3) is 0. The molecule has 9 heterocycles. The molecule has 9 aromatic carbocycles. The SMILES string of the molecule is c1ccc(N2c3cc(-c4ccc5oc6cccnc6c5c4)cc4c3B3c5c2cc(-c2ccc6oc7cccnc7c6c2)cc5N(c2ccccc2)c2cc(-c5ccc6oc7cccnc7c6c5)cc(c23)N4c2ccccc2)cc1. The first-order chi connectivity index (χ1) is 39.1. The van der Waals surface area contributed by atoms with Crippen LogP contribution in [0.4, 0.5) is 51.2 Å². The molecule has 18 rings (SSSR count). The van der Waals surface area contributed by atoms with Gasteiger partial charge in [0.15, 0.2) is 16.7 Å². The van der Waals surface area contributed by atoms with Crippen molar-refractivity contribution in [2.24, 2.45) is 0 Å². The van der Waals surface area contributed by atoms with E-state index < -0.39 is 0 Å². The fourth-order valence-electron chi connectivity index (χ4n) is 13.1. The normalized spacial score (nSPS) is 13.2. The predicted octanol–water partition coefficient (Wildman–Crippen LogP) is 16.4. The van der Waals surface area contributed by atoms with E-state index in [0.717, 1.165) is 151 Å². The third-order valence-corrected chi connectivity index (χ3v) is 16.4. The molecular formula is C69H39BN6O3. The number of benzene rings is 9. The maximum absolute atomic E-state index is 6.36. The Hall–Kier alpha value is -10.7. The number of hydrogen-bond donors (Lipinski definition) is 0. The molecule has 0 saturated heterocycles. The molecule has 0 bridgehead atoms. The lowest BCUT2D eigenvalue weighted by molar-refractivity contribution is 0.668. The topological polar surface area (TPSA) is 87.8 Å². The van der Waals surface area contributed by atoms with Gasteiger partial charge in [-0.1, -0.05) is 72.8 Å². The second kappa shape index (κ2) is 15.9. The standard InChI is InChI=1S/C69H39BN6O3/c1-4-13-46(14-5-1)74-52-34-43(40-22-25-58-49(31-40)67-61(77-58)19-10-28-71-67)36-54-64(52)70-65-53(74)35-44(41-23-26-59-50(32-41)68-62(78-59)20-11-29-72-68)37-55(65)76(48-17-8-3-9-18-48)57-39-45(38-56(66(57)70)75(54)47-15-6-2-7-16-47)42-24-27-60-51(33-42)69-63(79-60)21-12-30-73-69/h1-39H. The van der Waals surface area contributed by atoms with Gasteiger partial charge in [0.2, 0.25) is 0 Å². The Bertz CT molecular complexity index is 4490. The van der Waals surface area contributed by atoms with E-state index in [0.29, 0.717) is 0 Å². The Morgan fingerprint density at radius 3 is 0.848 bits per heavy atom. The van der Waals surface area contributed by atoms with Gasteiger partial charge in [0.25, 0.3) is 6.71 Å². The molecular weight excluding hydrogens is 972 g/mol. The zero-order valence-corrected chi connectivity index (χ0v) is 42.0. The number of pyridine rings is 3. The Balaban J connectivity index is 0.984. The van der Waals surface area contributed by atoms with Crippen LogP contribution in [0.25, 0.3) is 99.6 Å². The summed E-state index contributed by atoms with van der Waals surface area (Å²) in [6.07, 6.45) is 5.51. The highest BCUT2D eigenvalue weighted by Gasteiger charge is 2.50. The van der Waals surface area contributed by atoms with Crippen LogP contribution in [0.3, 0.4) is 0 Å². The first-order valence-corrected chi connectivity index (χ1v) is 26.6. The third-order valence-electron chi connectivity index (χ3n) is 16.4. The van der Waals surface area contributed by atoms with Crippen LogP contribution in [0, 0.1) is 0 Å². The van der Waals surface area contributed by atoms with Crippen LogP contribution in [0.2, 0.25) is 0 Å². The summed E-state index contributed by atoms with van der Waals surface area (Å²) in [5.41, 5.74) is 27.1. The lowest BCUT2D eigenvalue weighted by Gasteiger charge is -2.49. The van der Waals surface area contributed by atoms with Crippen LogP contribution in [0.15, 0.2) is 250 Å². The second-order valence-electron chi connectivity index (χ2n) is 20.7. The van der Waals surface area contributed by atoms with Gasteiger partial charge >= 0.3 is 0 Å². The summed E-state index contributed by atoms with van der Waals surface area (Å²) in [7, 11) is 0. The van der Waals surface area contributed by atoms with E-state index in [4.69, 9.17) is 28.2 Å². The molecule has 366 valence electrons. The van der Waals surface area contributed by atoms with E-state index in [1.165, 1.54) is 16.4 Å². The smallest absolute Gasteiger partial charge is 0.257 e. The number of furan rings is 3. The van der Waals surface area contributed by atoms with Gasteiger partial charge in [-0.05, 0) is 195 Å². The van der Waals surface area contributed by atoms with Gasteiger partial charge in [-0.3, -0.25) is 15.0 Å². The van der Waals surface area contributed by atoms with Crippen molar-refractivity contribution in [1.29, 1.82) is 0 Å². The van der Waals surface area contributed by atoms with Crippen molar-refractivity contribution in [2.45, 2.75) is 0 Å². The Kier molecular flexibility index (Phi) is 8.57. The minimum Gasteiger partial charge on any atom is -0.454 e. The van der Waals surface area contributed by atoms with Crippen molar-refractivity contribution < 1.29 is 13.3 Å². The summed E-state index contributed by atoms with van der Waals surface area (Å²) in [6, 6.07) is 78.4. The number of para-hydroxylation sites is 3. The van der Waals surface area contributed by atoms with Crippen LogP contribution in [-0.4, -0.2) is 21.7 Å². The van der Waals surface area contributed by atoms with Crippen molar-refractivity contribution in [3.63, 3.8) is 0 Å². The molecule has 3 aliphatic rings. The maximum Gasteiger partial charge on any atom is 0.257 e. The summed E-state index contributed by atoms with van der Waals surface area (Å²) < 4.78 is 19.1. The van der Waals surface area contributed by atoms with Gasteiger partial charge < -0.3 is 28.0 Å². The molecule has 0 aliphatic carbocycles. The summed E-state index contributed by atoms with van der Waals surface area (Å²) in [6.45, 7) is -0.171. The molecule has 0 radical (unpaired) electrons. The van der Waals surface area contributed by atoms with Gasteiger partial charge in [0, 0.05) is 85.9 Å². The zero-order chi connectivity index (χ0) is 51.4. The van der Waals surface area contributed by atoms with Gasteiger partial charge in [0.1, 0.15) is 33.3 Å². The molecule has 6 aromatic heterocycles. The average molecular weight is 1010 g/mol. The molecule has 79 heavy (non-hydrogen) atoms. The molecule has 0 saturated carbocycles. The van der Waals surface area contributed by atoms with E-state index in [9.17, 15) is 0 Å². The van der Waals surface area contributed by atoms with E-state index in [2.05, 4.69) is 197 Å². The third kappa shape index (κ3) is 6.08. The predicted molar refractivity (Wildman–Crippen MR) is 320 cm³/mol. The Morgan fingerprint density at radius 1 is 0.266 bits per heavy atom. The molecule has 0 N–H and O–H groups in total. The van der Waals surface area contributed by atoms with Crippen molar-refractivity contribution in [3.05, 3.63) is 237 Å². The van der Waals surface area contributed by atoms with Crippen LogP contribution in [0.5, 0.6) is 0 Å². The maximum atomic E-state index is 6.36. The molecule has 0 unspecified atom stereocenters. The number of fused-ring (bicyclic) bond motifs is 9. The van der Waals surface area contributed by atoms with Crippen LogP contribution < -0.4 is 31.1 Å². The first-order valence-electron chi connectivity index (χ1n) is 26.6. The quantitative estimate of drug-likeness (QED) is 0.151. The van der Waals surface area contributed by atoms with Crippen LogP contribution >= 0.6 is 0 Å². The summed E-state index contributed by atoms with van der Waals surface area (Å²) in [4.78, 5) is 22.0. The minimum atomic E-state index is -0.171. The van der Waals surface area contributed by atoms with Gasteiger partial charge in [-0.2, -0.15) is 0 Å². The van der Waals surface area contributed by atoms with E-state index in [1.807, 2.05) is 55.0 Å². The Morgan fingerprint density at radius 2 is 0.557 bits per heavy atom. The fourth-order valence-corrected chi connectivity index (χ4v) is 13.1. The number of nitrogens with zero attached hydrogens (tertiary/aromatic N) is 6. The second-order valence-corrected chi connectivity index (χ2v) is 20.7. The minimum absolute atomic E-state index is 0.171. The first kappa shape index (κ1) is 42.5. The van der Waals surface area contributed by atoms with Crippen molar-refractivity contribution in [3.8, 4) is 33.4 Å². The largest absolute Gasteiger partial charge is 0.454 e. The number of rotatable bonds is 6. The number of hydrogen-bond acceptors (Lipinski definition) is 9. The molecule has 3 aliphatic heterocycles. The van der Waals surface area contributed by atoms with E-state index in [-0.39, 0.29) is 6.71 Å². The molecule has 0 spiro atoms. The van der Waals surface area contributed by atoms with E-state index >= 15 is 0 Å². The van der Waals surface area contributed by atoms with Gasteiger partial charge in [-0.15, -0.1) is 0 Å². The lowest BCUT2D eigenvalue weighted by Crippen LogP contribution is -2.65. The molecule has 0 atom stereocenters. The van der Waals surface area contributed by atoms with Crippen molar-refractivity contribution in [2.75, 3.05) is 14.7 Å². The highest BCUT2D eigenvalue weighted by Crippen LogP contribution is 2.54. The number of aromatic nitrogens is 3. The monoisotopic (exact) mass is 1010 g/mol. The van der Waals surface area contributed by atoms with Crippen molar-refractivity contribution >= 4 is 140 Å². The summed E-state index contributed by atoms with van der Waals surface area (Å²) in [5, 5.41) is 2.92. The molecule has 9 nitrogen and oxygen atoms in total. The lowest BCUT2D eigenvalue weighted by atomic mass is 9.31. The Labute approximate surface area is 451 Å². The van der Waals surface area contributed by atoms with Gasteiger partial charge in [0.05, 0.1) is 0 Å². The molecule has 15 aromatic rings. The average Bonchev–Trinajstić information content (AvgIpc) is 2.83. The summed E-state index contributed by atoms with van der Waals surface area (Å²) in [5.74, 6) is 0. The summed E-state index contributed by atoms with van der Waals surface area (Å²) >= 11 is 0. The highest BCUT2D eigenvalue weighted by atomic mass is 16.3. The zero-order valence-electron chi connectivity index (χ0n) is 42.0. The highest BCUT2D eigenvalue weighted by molar-refractivity contribution is 7.02. The van der Waals surface area contributed by atoms with E-state index in [1.54, 1.807) is 0 Å². The molecule has 0 fully saturated rings. The molecule has 0 amide bonds. The van der Waals surface area contributed by atoms with Crippen molar-refractivity contribution in [1.82, 2.24) is 15.0 Å². The molecule has 10 heteroatoms.